The second-order valence-corrected chi connectivity index (χ2v) is 3.45. The number of carbonyl (C=O) groups is 1. The summed E-state index contributed by atoms with van der Waals surface area (Å²) in [4.78, 5) is 11.2. The third-order valence-corrected chi connectivity index (χ3v) is 2.12. The summed E-state index contributed by atoms with van der Waals surface area (Å²) in [5, 5.41) is 0. The summed E-state index contributed by atoms with van der Waals surface area (Å²) in [5.74, 6) is 0.469. The van der Waals surface area contributed by atoms with Crippen LogP contribution in [0.15, 0.2) is 0 Å². The monoisotopic (exact) mass is 380 g/mol. The third kappa shape index (κ3) is 12.6. The fraction of sp³-hybridized carbons (Fsp3) is 0.909. The SMILES string of the molecule is CCCCCC(=O)CCCCC.[PbH2]. The first-order chi connectivity index (χ1) is 5.81. The maximum absolute atomic E-state index is 11.2. The molecule has 1 nitrogen and oxygen atoms in total. The molecule has 0 fully saturated rings. The molecule has 0 heterocycles. The van der Waals surface area contributed by atoms with E-state index in [-0.39, 0.29) is 27.3 Å². The molecule has 0 bridgehead atoms. The molecule has 0 saturated heterocycles. The van der Waals surface area contributed by atoms with Gasteiger partial charge in [-0.1, -0.05) is 39.5 Å². The van der Waals surface area contributed by atoms with Crippen LogP contribution in [-0.4, -0.2) is 33.1 Å². The summed E-state index contributed by atoms with van der Waals surface area (Å²) in [6.45, 7) is 4.34. The van der Waals surface area contributed by atoms with Crippen molar-refractivity contribution in [2.75, 3.05) is 0 Å². The van der Waals surface area contributed by atoms with Gasteiger partial charge >= 0.3 is 27.3 Å². The van der Waals surface area contributed by atoms with Gasteiger partial charge in [-0.3, -0.25) is 4.79 Å². The Labute approximate surface area is 103 Å². The molecule has 0 saturated carbocycles. The van der Waals surface area contributed by atoms with Gasteiger partial charge in [0.25, 0.3) is 0 Å². The molecule has 0 amide bonds. The van der Waals surface area contributed by atoms with Crippen LogP contribution in [0.2, 0.25) is 0 Å². The van der Waals surface area contributed by atoms with Crippen molar-refractivity contribution in [2.24, 2.45) is 0 Å². The van der Waals surface area contributed by atoms with E-state index in [9.17, 15) is 4.79 Å². The zero-order valence-electron chi connectivity index (χ0n) is 9.27. The van der Waals surface area contributed by atoms with E-state index in [0.29, 0.717) is 5.78 Å². The molecule has 0 aromatic heterocycles. The molecule has 0 atom stereocenters. The maximum atomic E-state index is 11.2. The Morgan fingerprint density at radius 1 is 0.846 bits per heavy atom. The summed E-state index contributed by atoms with van der Waals surface area (Å²) in [6, 6.07) is 0. The Bertz CT molecular complexity index is 101. The Morgan fingerprint density at radius 3 is 1.54 bits per heavy atom. The molecule has 13 heavy (non-hydrogen) atoms. The summed E-state index contributed by atoms with van der Waals surface area (Å²) in [5.41, 5.74) is 0. The number of carbonyl (C=O) groups excluding carboxylic acids is 1. The van der Waals surface area contributed by atoms with Crippen LogP contribution in [0.4, 0.5) is 0 Å². The van der Waals surface area contributed by atoms with Crippen LogP contribution < -0.4 is 0 Å². The van der Waals surface area contributed by atoms with Crippen LogP contribution in [0.25, 0.3) is 0 Å². The molecular weight excluding hydrogens is 355 g/mol. The normalized spacial score (nSPS) is 9.38. The van der Waals surface area contributed by atoms with Crippen molar-refractivity contribution in [3.05, 3.63) is 0 Å². The van der Waals surface area contributed by atoms with E-state index < -0.39 is 0 Å². The number of rotatable bonds is 8. The molecule has 2 heteroatoms. The molecule has 0 spiro atoms. The van der Waals surface area contributed by atoms with Gasteiger partial charge in [0.2, 0.25) is 0 Å². The summed E-state index contributed by atoms with van der Waals surface area (Å²) in [7, 11) is 0. The van der Waals surface area contributed by atoms with Crippen LogP contribution in [-0.2, 0) is 4.79 Å². The number of Topliss-reactive ketones (excluding diaryl/α,β-unsaturated/α-hetero) is 1. The van der Waals surface area contributed by atoms with Crippen LogP contribution >= 0.6 is 0 Å². The zero-order chi connectivity index (χ0) is 9.23. The van der Waals surface area contributed by atoms with E-state index in [1.807, 2.05) is 0 Å². The number of hydrogen-bond donors (Lipinski definition) is 0. The Hall–Kier alpha value is 0.592. The van der Waals surface area contributed by atoms with Crippen molar-refractivity contribution in [1.82, 2.24) is 0 Å². The van der Waals surface area contributed by atoms with Crippen LogP contribution in [0.1, 0.15) is 65.2 Å². The molecule has 0 N–H and O–H groups in total. The van der Waals surface area contributed by atoms with Gasteiger partial charge in [-0.15, -0.1) is 0 Å². The topological polar surface area (TPSA) is 17.1 Å². The Balaban J connectivity index is 0. The molecule has 0 rings (SSSR count). The van der Waals surface area contributed by atoms with E-state index >= 15 is 0 Å². The number of hydrogen-bond acceptors (Lipinski definition) is 1. The van der Waals surface area contributed by atoms with E-state index in [2.05, 4.69) is 13.8 Å². The predicted molar refractivity (Wildman–Crippen MR) is 61.8 cm³/mol. The fourth-order valence-electron chi connectivity index (χ4n) is 1.27. The van der Waals surface area contributed by atoms with Gasteiger partial charge in [0.1, 0.15) is 5.78 Å². The van der Waals surface area contributed by atoms with Crippen molar-refractivity contribution in [3.63, 3.8) is 0 Å². The predicted octanol–water partition coefficient (Wildman–Crippen LogP) is 2.80. The van der Waals surface area contributed by atoms with Crippen LogP contribution in [0.3, 0.4) is 0 Å². The molecule has 0 aromatic rings. The van der Waals surface area contributed by atoms with Gasteiger partial charge in [-0.25, -0.2) is 0 Å². The average molecular weight is 380 g/mol. The van der Waals surface area contributed by atoms with Gasteiger partial charge in [0, 0.05) is 12.8 Å². The number of ketones is 1. The summed E-state index contributed by atoms with van der Waals surface area (Å²) in [6.07, 6.45) is 8.67. The zero-order valence-corrected chi connectivity index (χ0v) is 14.8. The van der Waals surface area contributed by atoms with Crippen molar-refractivity contribution >= 4 is 33.1 Å². The van der Waals surface area contributed by atoms with E-state index in [1.165, 1.54) is 25.7 Å². The van der Waals surface area contributed by atoms with Crippen LogP contribution in [0.5, 0.6) is 0 Å². The Morgan fingerprint density at radius 2 is 1.23 bits per heavy atom. The molecule has 0 unspecified atom stereocenters. The third-order valence-electron chi connectivity index (χ3n) is 2.12. The first-order valence-corrected chi connectivity index (χ1v) is 5.33. The molecule has 0 aliphatic rings. The molecule has 0 aliphatic heterocycles. The van der Waals surface area contributed by atoms with Crippen molar-refractivity contribution in [2.45, 2.75) is 65.2 Å². The summed E-state index contributed by atoms with van der Waals surface area (Å²) >= 11 is 0. The van der Waals surface area contributed by atoms with Gasteiger partial charge < -0.3 is 0 Å². The average Bonchev–Trinajstić information content (AvgIpc) is 2.06. The van der Waals surface area contributed by atoms with Crippen molar-refractivity contribution in [3.8, 4) is 0 Å². The molecular formula is C11H24OPb. The van der Waals surface area contributed by atoms with E-state index in [0.717, 1.165) is 25.7 Å². The van der Waals surface area contributed by atoms with Gasteiger partial charge in [0.05, 0.1) is 0 Å². The second kappa shape index (κ2) is 12.6. The molecule has 78 valence electrons. The van der Waals surface area contributed by atoms with Crippen molar-refractivity contribution in [1.29, 1.82) is 0 Å². The van der Waals surface area contributed by atoms with Crippen molar-refractivity contribution < 1.29 is 4.79 Å². The van der Waals surface area contributed by atoms with Gasteiger partial charge in [0.15, 0.2) is 0 Å². The Kier molecular flexibility index (Phi) is 15.5. The molecule has 0 aliphatic carbocycles. The first-order valence-electron chi connectivity index (χ1n) is 5.33. The number of unbranched alkanes of at least 4 members (excludes halogenated alkanes) is 4. The molecule has 2 radical (unpaired) electrons. The van der Waals surface area contributed by atoms with E-state index in [4.69, 9.17) is 0 Å². The van der Waals surface area contributed by atoms with Crippen LogP contribution in [0, 0.1) is 0 Å². The molecule has 0 aromatic carbocycles. The fourth-order valence-corrected chi connectivity index (χ4v) is 1.27. The standard InChI is InChI=1S/C11H22O.Pb.2H/c1-3-5-7-9-11(12)10-8-6-4-2;;;/h3-10H2,1-2H3;;;. The quantitative estimate of drug-likeness (QED) is 0.468. The minimum absolute atomic E-state index is 0. The second-order valence-electron chi connectivity index (χ2n) is 3.45. The minimum atomic E-state index is 0. The van der Waals surface area contributed by atoms with E-state index in [1.54, 1.807) is 0 Å². The first kappa shape index (κ1) is 16.0. The van der Waals surface area contributed by atoms with Gasteiger partial charge in [-0.2, -0.15) is 0 Å². The van der Waals surface area contributed by atoms with Gasteiger partial charge in [-0.05, 0) is 12.8 Å². The summed E-state index contributed by atoms with van der Waals surface area (Å²) < 4.78 is 0.